The van der Waals surface area contributed by atoms with Crippen LogP contribution in [0.4, 0.5) is 0 Å². The highest BCUT2D eigenvalue weighted by Crippen LogP contribution is 2.50. The van der Waals surface area contributed by atoms with Gasteiger partial charge in [-0.05, 0) is 77.9 Å². The molecule has 0 spiro atoms. The van der Waals surface area contributed by atoms with Crippen molar-refractivity contribution in [1.29, 1.82) is 0 Å². The minimum absolute atomic E-state index is 0.140. The van der Waals surface area contributed by atoms with Gasteiger partial charge in [0.1, 0.15) is 5.75 Å². The molecule has 0 atom stereocenters. The molecular formula is C60H82N2O5. The topological polar surface area (TPSA) is 84.0 Å². The molecule has 0 saturated carbocycles. The second-order valence-electron chi connectivity index (χ2n) is 20.3. The molecule has 0 bridgehead atoms. The number of fused-ring (bicyclic) bond motifs is 2. The Hall–Kier alpha value is -4.52. The Balaban J connectivity index is 1.33. The zero-order valence-corrected chi connectivity index (χ0v) is 42.1. The van der Waals surface area contributed by atoms with Gasteiger partial charge in [-0.15, -0.1) is 0 Å². The summed E-state index contributed by atoms with van der Waals surface area (Å²) in [5.41, 5.74) is 2.24. The fourth-order valence-corrected chi connectivity index (χ4v) is 11.6. The Labute approximate surface area is 402 Å². The number of ether oxygens (including phenoxy) is 1. The van der Waals surface area contributed by atoms with Gasteiger partial charge in [-0.25, -0.2) is 0 Å². The quantitative estimate of drug-likeness (QED) is 0.0186. The standard InChI is InChI=1S/C60H82N2O5/c1-6-11-16-21-22-23-24-29-40-67-51-41-50-54-49(59(65)62(60(50)66)43(32-27-19-14-9-4)33-28-20-15-10-5)38-35-45-44-34-37-47-53-48(39-36-46(52(44)53)55(51)56(45)54)58(64)61(57(47)63)42(30-25-17-12-7-2)31-26-18-13-8-3/h34-39,41-43H,6-33,40H2,1-5H3. The third-order valence-electron chi connectivity index (χ3n) is 15.3. The van der Waals surface area contributed by atoms with Crippen LogP contribution in [0.25, 0.3) is 43.1 Å². The first-order valence-electron chi connectivity index (χ1n) is 27.4. The van der Waals surface area contributed by atoms with Crippen LogP contribution in [-0.4, -0.2) is 52.1 Å². The molecule has 0 aliphatic carbocycles. The highest BCUT2D eigenvalue weighted by atomic mass is 16.5. The number of imide groups is 2. The van der Waals surface area contributed by atoms with Gasteiger partial charge in [-0.2, -0.15) is 0 Å². The van der Waals surface area contributed by atoms with Gasteiger partial charge >= 0.3 is 0 Å². The lowest BCUT2D eigenvalue weighted by molar-refractivity contribution is 0.0501. The summed E-state index contributed by atoms with van der Waals surface area (Å²) in [5.74, 6) is -0.191. The van der Waals surface area contributed by atoms with Crippen molar-refractivity contribution in [3.8, 4) is 5.75 Å². The molecule has 2 aliphatic heterocycles. The van der Waals surface area contributed by atoms with E-state index in [0.29, 0.717) is 45.4 Å². The molecular weight excluding hydrogens is 829 g/mol. The number of hydrogen-bond donors (Lipinski definition) is 0. The number of carbonyl (C=O) groups excluding carboxylic acids is 4. The predicted molar refractivity (Wildman–Crippen MR) is 279 cm³/mol. The third-order valence-corrected chi connectivity index (χ3v) is 15.3. The first-order valence-corrected chi connectivity index (χ1v) is 27.4. The number of hydrogen-bond acceptors (Lipinski definition) is 5. The van der Waals surface area contributed by atoms with E-state index in [1.165, 1.54) is 38.5 Å². The average Bonchev–Trinajstić information content (AvgIpc) is 3.33. The van der Waals surface area contributed by atoms with Gasteiger partial charge in [0, 0.05) is 50.3 Å². The van der Waals surface area contributed by atoms with Crippen LogP contribution in [0, 0.1) is 0 Å². The molecule has 0 aromatic heterocycles. The molecule has 5 aromatic rings. The van der Waals surface area contributed by atoms with E-state index < -0.39 is 0 Å². The Kier molecular flexibility index (Phi) is 18.5. The van der Waals surface area contributed by atoms with Gasteiger partial charge in [0.15, 0.2) is 0 Å². The van der Waals surface area contributed by atoms with Crippen molar-refractivity contribution in [2.75, 3.05) is 6.61 Å². The summed E-state index contributed by atoms with van der Waals surface area (Å²) in [6.07, 6.45) is 30.2. The Morgan fingerprint density at radius 2 is 0.701 bits per heavy atom. The maximum atomic E-state index is 15.1. The molecule has 5 aromatic carbocycles. The zero-order valence-electron chi connectivity index (χ0n) is 42.1. The second kappa shape index (κ2) is 24.7. The fraction of sp³-hybridized carbons (Fsp3) is 0.600. The molecule has 2 heterocycles. The number of amides is 4. The molecule has 0 radical (unpaired) electrons. The lowest BCUT2D eigenvalue weighted by Crippen LogP contribution is -2.47. The smallest absolute Gasteiger partial charge is 0.261 e. The minimum atomic E-state index is -0.222. The van der Waals surface area contributed by atoms with Gasteiger partial charge in [0.05, 0.1) is 12.2 Å². The molecule has 0 unspecified atom stereocenters. The maximum Gasteiger partial charge on any atom is 0.261 e. The summed E-state index contributed by atoms with van der Waals surface area (Å²) in [6.45, 7) is 11.6. The Morgan fingerprint density at radius 1 is 0.358 bits per heavy atom. The van der Waals surface area contributed by atoms with Crippen molar-refractivity contribution < 1.29 is 23.9 Å². The van der Waals surface area contributed by atoms with Crippen LogP contribution < -0.4 is 4.74 Å². The summed E-state index contributed by atoms with van der Waals surface area (Å²) in [6, 6.07) is 13.6. The van der Waals surface area contributed by atoms with Crippen LogP contribution >= 0.6 is 0 Å². The largest absolute Gasteiger partial charge is 0.493 e. The zero-order chi connectivity index (χ0) is 47.3. The number of rotatable bonds is 32. The first-order chi connectivity index (χ1) is 32.8. The number of nitrogens with zero attached hydrogens (tertiary/aromatic N) is 2. The first kappa shape index (κ1) is 50.4. The van der Waals surface area contributed by atoms with E-state index in [2.05, 4.69) is 34.6 Å². The lowest BCUT2D eigenvalue weighted by atomic mass is 9.81. The van der Waals surface area contributed by atoms with Gasteiger partial charge in [-0.3, -0.25) is 29.0 Å². The van der Waals surface area contributed by atoms with Crippen LogP contribution in [0.2, 0.25) is 0 Å². The monoisotopic (exact) mass is 911 g/mol. The Bertz CT molecular complexity index is 2420. The fourth-order valence-electron chi connectivity index (χ4n) is 11.6. The van der Waals surface area contributed by atoms with Crippen molar-refractivity contribution in [1.82, 2.24) is 9.80 Å². The lowest BCUT2D eigenvalue weighted by Gasteiger charge is -2.36. The number of benzene rings is 5. The van der Waals surface area contributed by atoms with Crippen molar-refractivity contribution in [2.45, 2.75) is 226 Å². The summed E-state index contributed by atoms with van der Waals surface area (Å²) in [7, 11) is 0. The van der Waals surface area contributed by atoms with Gasteiger partial charge in [0.2, 0.25) is 0 Å². The van der Waals surface area contributed by atoms with Gasteiger partial charge in [0.25, 0.3) is 23.6 Å². The van der Waals surface area contributed by atoms with Gasteiger partial charge < -0.3 is 4.74 Å². The van der Waals surface area contributed by atoms with E-state index in [9.17, 15) is 14.4 Å². The predicted octanol–water partition coefficient (Wildman–Crippen LogP) is 17.1. The van der Waals surface area contributed by atoms with Crippen LogP contribution in [0.3, 0.4) is 0 Å². The molecule has 4 amide bonds. The summed E-state index contributed by atoms with van der Waals surface area (Å²) in [5, 5.41) is 6.68. The van der Waals surface area contributed by atoms with Crippen molar-refractivity contribution in [3.63, 3.8) is 0 Å². The normalized spacial score (nSPS) is 14.0. The number of carbonyl (C=O) groups is 4. The minimum Gasteiger partial charge on any atom is -0.493 e. The maximum absolute atomic E-state index is 15.1. The van der Waals surface area contributed by atoms with Gasteiger partial charge in [-0.1, -0.05) is 200 Å². The molecule has 67 heavy (non-hydrogen) atoms. The highest BCUT2D eigenvalue weighted by Gasteiger charge is 2.41. The molecule has 7 heteroatoms. The van der Waals surface area contributed by atoms with E-state index >= 15 is 4.79 Å². The van der Waals surface area contributed by atoms with Crippen molar-refractivity contribution >= 4 is 66.7 Å². The second-order valence-corrected chi connectivity index (χ2v) is 20.3. The highest BCUT2D eigenvalue weighted by molar-refractivity contribution is 6.42. The van der Waals surface area contributed by atoms with Crippen LogP contribution in [0.1, 0.15) is 256 Å². The van der Waals surface area contributed by atoms with Crippen LogP contribution in [0.15, 0.2) is 42.5 Å². The SMILES string of the molecule is CCCCCCCCCCOc1cc2c3c(ccc4c5ccc6c7c(ccc(c1c34)c75)C(=O)N(C(CCCCCC)CCCCCC)C6=O)C(=O)N(C(CCCCCC)CCCCCC)C2=O. The number of unbranched alkanes of at least 4 members (excludes halogenated alkanes) is 19. The molecule has 0 fully saturated rings. The average molecular weight is 911 g/mol. The summed E-state index contributed by atoms with van der Waals surface area (Å²) >= 11 is 0. The van der Waals surface area contributed by atoms with Crippen LogP contribution in [-0.2, 0) is 0 Å². The van der Waals surface area contributed by atoms with Crippen LogP contribution in [0.5, 0.6) is 5.75 Å². The van der Waals surface area contributed by atoms with E-state index in [4.69, 9.17) is 4.74 Å². The third kappa shape index (κ3) is 10.9. The molecule has 7 nitrogen and oxygen atoms in total. The Morgan fingerprint density at radius 3 is 1.13 bits per heavy atom. The van der Waals surface area contributed by atoms with E-state index in [0.717, 1.165) is 174 Å². The van der Waals surface area contributed by atoms with E-state index in [1.54, 1.807) is 9.80 Å². The molecule has 7 rings (SSSR count). The molecule has 0 N–H and O–H groups in total. The summed E-state index contributed by atoms with van der Waals surface area (Å²) in [4.78, 5) is 63.0. The van der Waals surface area contributed by atoms with Crippen molar-refractivity contribution in [2.24, 2.45) is 0 Å². The molecule has 0 saturated heterocycles. The molecule has 2 aliphatic rings. The molecule has 362 valence electrons. The van der Waals surface area contributed by atoms with Crippen molar-refractivity contribution in [3.05, 3.63) is 64.7 Å². The van der Waals surface area contributed by atoms with E-state index in [-0.39, 0.29) is 35.7 Å². The van der Waals surface area contributed by atoms with E-state index in [1.807, 2.05) is 42.5 Å². The summed E-state index contributed by atoms with van der Waals surface area (Å²) < 4.78 is 6.88.